The summed E-state index contributed by atoms with van der Waals surface area (Å²) in [6, 6.07) is 6.50. The Labute approximate surface area is 118 Å². The van der Waals surface area contributed by atoms with Gasteiger partial charge in [0, 0.05) is 35.8 Å². The van der Waals surface area contributed by atoms with Gasteiger partial charge in [-0.25, -0.2) is 13.1 Å². The average Bonchev–Trinajstić information content (AvgIpc) is 2.37. The zero-order valence-electron chi connectivity index (χ0n) is 10.4. The van der Waals surface area contributed by atoms with Crippen LogP contribution in [0, 0.1) is 0 Å². The van der Waals surface area contributed by atoms with E-state index in [-0.39, 0.29) is 29.9 Å². The van der Waals surface area contributed by atoms with Gasteiger partial charge in [0.25, 0.3) is 0 Å². The van der Waals surface area contributed by atoms with Crippen molar-refractivity contribution in [1.29, 1.82) is 0 Å². The summed E-state index contributed by atoms with van der Waals surface area (Å²) in [6.45, 7) is 1.98. The van der Waals surface area contributed by atoms with Crippen LogP contribution in [0.3, 0.4) is 0 Å². The van der Waals surface area contributed by atoms with Crippen molar-refractivity contribution in [3.63, 3.8) is 0 Å². The van der Waals surface area contributed by atoms with Crippen LogP contribution in [0.4, 0.5) is 0 Å². The van der Waals surface area contributed by atoms with Gasteiger partial charge in [0.05, 0.1) is 4.90 Å². The molecule has 5 nitrogen and oxygen atoms in total. The fraction of sp³-hybridized carbons (Fsp3) is 0.250. The maximum atomic E-state index is 12.2. The van der Waals surface area contributed by atoms with Crippen LogP contribution < -0.4 is 10.5 Å². The highest BCUT2D eigenvalue weighted by atomic mass is 35.5. The summed E-state index contributed by atoms with van der Waals surface area (Å²) in [7, 11) is -3.56. The number of sulfonamides is 1. The molecule has 0 fully saturated rings. The highest BCUT2D eigenvalue weighted by Crippen LogP contribution is 2.21. The molecule has 0 spiro atoms. The third kappa shape index (κ3) is 3.42. The minimum absolute atomic E-state index is 0. The summed E-state index contributed by atoms with van der Waals surface area (Å²) in [5, 5.41) is 1.45. The molecule has 0 saturated heterocycles. The molecule has 19 heavy (non-hydrogen) atoms. The number of nitrogens with two attached hydrogens (primary N) is 1. The lowest BCUT2D eigenvalue weighted by Gasteiger charge is -2.13. The zero-order valence-corrected chi connectivity index (χ0v) is 12.0. The summed E-state index contributed by atoms with van der Waals surface area (Å²) in [5.74, 6) is 0. The van der Waals surface area contributed by atoms with E-state index in [0.29, 0.717) is 5.39 Å². The first-order valence-electron chi connectivity index (χ1n) is 5.60. The normalized spacial score (nSPS) is 12.9. The lowest BCUT2D eigenvalue weighted by Crippen LogP contribution is -2.37. The van der Waals surface area contributed by atoms with Crippen molar-refractivity contribution in [3.8, 4) is 0 Å². The van der Waals surface area contributed by atoms with Gasteiger partial charge in [0.15, 0.2) is 0 Å². The molecule has 1 atom stereocenters. The van der Waals surface area contributed by atoms with Crippen LogP contribution in [0.5, 0.6) is 0 Å². The molecule has 1 aromatic heterocycles. The second kappa shape index (κ2) is 6.29. The number of halogens is 1. The van der Waals surface area contributed by atoms with E-state index in [1.54, 1.807) is 37.5 Å². The minimum atomic E-state index is -3.56. The average molecular weight is 302 g/mol. The number of rotatable bonds is 4. The van der Waals surface area contributed by atoms with Crippen LogP contribution in [0.2, 0.25) is 0 Å². The van der Waals surface area contributed by atoms with Crippen LogP contribution in [0.25, 0.3) is 10.8 Å². The molecule has 0 aliphatic rings. The van der Waals surface area contributed by atoms with Crippen molar-refractivity contribution >= 4 is 33.2 Å². The van der Waals surface area contributed by atoms with Gasteiger partial charge < -0.3 is 5.73 Å². The van der Waals surface area contributed by atoms with E-state index in [9.17, 15) is 8.42 Å². The van der Waals surface area contributed by atoms with Crippen LogP contribution in [0.1, 0.15) is 6.92 Å². The maximum Gasteiger partial charge on any atom is 0.241 e. The first-order valence-corrected chi connectivity index (χ1v) is 7.08. The van der Waals surface area contributed by atoms with E-state index in [4.69, 9.17) is 5.73 Å². The number of fused-ring (bicyclic) bond motifs is 1. The quantitative estimate of drug-likeness (QED) is 0.891. The predicted octanol–water partition coefficient (Wildman–Crippen LogP) is 1.28. The molecule has 0 unspecified atom stereocenters. The first-order chi connectivity index (χ1) is 8.54. The summed E-state index contributed by atoms with van der Waals surface area (Å²) in [4.78, 5) is 4.23. The van der Waals surface area contributed by atoms with Crippen molar-refractivity contribution in [3.05, 3.63) is 36.7 Å². The molecule has 0 bridgehead atoms. The van der Waals surface area contributed by atoms with Crippen LogP contribution in [0.15, 0.2) is 41.6 Å². The van der Waals surface area contributed by atoms with Gasteiger partial charge in [0.1, 0.15) is 0 Å². The van der Waals surface area contributed by atoms with E-state index in [1.807, 2.05) is 6.07 Å². The van der Waals surface area contributed by atoms with Crippen LogP contribution in [-0.4, -0.2) is 26.0 Å². The highest BCUT2D eigenvalue weighted by Gasteiger charge is 2.18. The van der Waals surface area contributed by atoms with Gasteiger partial charge in [-0.1, -0.05) is 12.1 Å². The van der Waals surface area contributed by atoms with Crippen LogP contribution >= 0.6 is 12.4 Å². The predicted molar refractivity (Wildman–Crippen MR) is 77.8 cm³/mol. The first kappa shape index (κ1) is 15.8. The molecule has 0 radical (unpaired) electrons. The lowest BCUT2D eigenvalue weighted by molar-refractivity contribution is 0.563. The molecule has 0 amide bonds. The molecule has 1 heterocycles. The fourth-order valence-electron chi connectivity index (χ4n) is 1.70. The van der Waals surface area contributed by atoms with E-state index in [1.165, 1.54) is 0 Å². The number of benzene rings is 1. The van der Waals surface area contributed by atoms with Crippen LogP contribution in [-0.2, 0) is 10.0 Å². The summed E-state index contributed by atoms with van der Waals surface area (Å²) in [5.41, 5.74) is 5.43. The number of aromatic nitrogens is 1. The van der Waals surface area contributed by atoms with Gasteiger partial charge >= 0.3 is 0 Å². The SMILES string of the molecule is C[C@H](CN)NS(=O)(=O)c1cccc2cnccc12.Cl. The van der Waals surface area contributed by atoms with Crippen molar-refractivity contribution in [2.24, 2.45) is 5.73 Å². The zero-order chi connectivity index (χ0) is 13.2. The molecule has 2 aromatic rings. The number of hydrogen-bond donors (Lipinski definition) is 2. The number of hydrogen-bond acceptors (Lipinski definition) is 4. The van der Waals surface area contributed by atoms with Gasteiger partial charge in [-0.05, 0) is 19.1 Å². The lowest BCUT2D eigenvalue weighted by atomic mass is 10.2. The van der Waals surface area contributed by atoms with Crippen molar-refractivity contribution < 1.29 is 8.42 Å². The van der Waals surface area contributed by atoms with E-state index in [2.05, 4.69) is 9.71 Å². The maximum absolute atomic E-state index is 12.2. The molecular formula is C12H16ClN3O2S. The monoisotopic (exact) mass is 301 g/mol. The number of pyridine rings is 1. The second-order valence-electron chi connectivity index (χ2n) is 4.11. The summed E-state index contributed by atoms with van der Waals surface area (Å²) < 4.78 is 27.0. The molecule has 7 heteroatoms. The largest absolute Gasteiger partial charge is 0.329 e. The molecule has 1 aromatic carbocycles. The smallest absolute Gasteiger partial charge is 0.241 e. The third-order valence-corrected chi connectivity index (χ3v) is 4.29. The molecule has 0 aliphatic carbocycles. The van der Waals surface area contributed by atoms with Crippen molar-refractivity contribution in [2.75, 3.05) is 6.54 Å². The van der Waals surface area contributed by atoms with E-state index >= 15 is 0 Å². The van der Waals surface area contributed by atoms with E-state index < -0.39 is 10.0 Å². The second-order valence-corrected chi connectivity index (χ2v) is 5.79. The standard InChI is InChI=1S/C12H15N3O2S.ClH/c1-9(7-13)15-18(16,17)12-4-2-3-10-8-14-6-5-11(10)12;/h2-6,8-9,15H,7,13H2,1H3;1H/t9-;/m1./s1. The van der Waals surface area contributed by atoms with Gasteiger partial charge in [-0.3, -0.25) is 4.98 Å². The topological polar surface area (TPSA) is 85.1 Å². The van der Waals surface area contributed by atoms with Gasteiger partial charge in [-0.15, -0.1) is 12.4 Å². The summed E-state index contributed by atoms with van der Waals surface area (Å²) in [6.07, 6.45) is 3.22. The number of nitrogens with zero attached hydrogens (tertiary/aromatic N) is 1. The Balaban J connectivity index is 0.00000180. The Morgan fingerprint density at radius 3 is 2.79 bits per heavy atom. The Bertz CT molecular complexity index is 656. The molecule has 3 N–H and O–H groups in total. The molecule has 0 aliphatic heterocycles. The van der Waals surface area contributed by atoms with Gasteiger partial charge in [-0.2, -0.15) is 0 Å². The molecule has 104 valence electrons. The fourth-order valence-corrected chi connectivity index (χ4v) is 3.19. The van der Waals surface area contributed by atoms with Crippen molar-refractivity contribution in [2.45, 2.75) is 17.9 Å². The third-order valence-electron chi connectivity index (χ3n) is 2.64. The summed E-state index contributed by atoms with van der Waals surface area (Å²) >= 11 is 0. The van der Waals surface area contributed by atoms with Gasteiger partial charge in [0.2, 0.25) is 10.0 Å². The Kier molecular flexibility index (Phi) is 5.25. The van der Waals surface area contributed by atoms with E-state index in [0.717, 1.165) is 5.39 Å². The Morgan fingerprint density at radius 2 is 2.11 bits per heavy atom. The highest BCUT2D eigenvalue weighted by molar-refractivity contribution is 7.89. The number of nitrogens with one attached hydrogen (secondary N) is 1. The minimum Gasteiger partial charge on any atom is -0.329 e. The Morgan fingerprint density at radius 1 is 1.37 bits per heavy atom. The van der Waals surface area contributed by atoms with Crippen molar-refractivity contribution in [1.82, 2.24) is 9.71 Å². The Hall–Kier alpha value is -1.21. The molecule has 0 saturated carbocycles. The molecule has 2 rings (SSSR count). The molecular weight excluding hydrogens is 286 g/mol.